The van der Waals surface area contributed by atoms with Crippen LogP contribution in [0.15, 0.2) is 66.3 Å². The fourth-order valence-electron chi connectivity index (χ4n) is 3.10. The first-order chi connectivity index (χ1) is 12.3. The van der Waals surface area contributed by atoms with Gasteiger partial charge in [0.25, 0.3) is 0 Å². The molecule has 7 heteroatoms. The van der Waals surface area contributed by atoms with Crippen LogP contribution in [0.2, 0.25) is 0 Å². The van der Waals surface area contributed by atoms with E-state index in [1.807, 2.05) is 30.1 Å². The maximum atomic E-state index is 4.49. The predicted octanol–water partition coefficient (Wildman–Crippen LogP) is 3.02. The molecule has 3 heterocycles. The van der Waals surface area contributed by atoms with Crippen molar-refractivity contribution in [3.05, 3.63) is 72.4 Å². The van der Waals surface area contributed by atoms with Crippen LogP contribution in [0.25, 0.3) is 5.82 Å². The number of nitrogens with one attached hydrogen (secondary N) is 1. The van der Waals surface area contributed by atoms with Crippen LogP contribution in [0, 0.1) is 0 Å². The number of halogens is 1. The summed E-state index contributed by atoms with van der Waals surface area (Å²) in [6.07, 6.45) is 8.31. The van der Waals surface area contributed by atoms with E-state index in [2.05, 4.69) is 55.5 Å². The van der Waals surface area contributed by atoms with Crippen molar-refractivity contribution in [1.29, 1.82) is 0 Å². The zero-order valence-corrected chi connectivity index (χ0v) is 16.9. The van der Waals surface area contributed by atoms with Crippen LogP contribution in [0.3, 0.4) is 0 Å². The van der Waals surface area contributed by atoms with E-state index in [4.69, 9.17) is 0 Å². The minimum atomic E-state index is 0. The molecule has 3 aromatic rings. The quantitative estimate of drug-likeness (QED) is 0.371. The summed E-state index contributed by atoms with van der Waals surface area (Å²) in [5, 5.41) is 3.44. The van der Waals surface area contributed by atoms with Crippen LogP contribution < -0.4 is 10.2 Å². The molecule has 26 heavy (non-hydrogen) atoms. The molecule has 1 N–H and O–H groups in total. The van der Waals surface area contributed by atoms with Gasteiger partial charge in [-0.3, -0.25) is 9.56 Å². The molecule has 0 aliphatic carbocycles. The maximum Gasteiger partial charge on any atom is 0.198 e. The van der Waals surface area contributed by atoms with Gasteiger partial charge >= 0.3 is 0 Å². The van der Waals surface area contributed by atoms with Crippen molar-refractivity contribution in [1.82, 2.24) is 19.9 Å². The highest BCUT2D eigenvalue weighted by Gasteiger charge is 2.22. The largest absolute Gasteiger partial charge is 0.352 e. The van der Waals surface area contributed by atoms with Crippen molar-refractivity contribution in [2.45, 2.75) is 13.0 Å². The van der Waals surface area contributed by atoms with Crippen LogP contribution in [-0.2, 0) is 13.0 Å². The number of fused-ring (bicyclic) bond motifs is 1. The second kappa shape index (κ2) is 8.31. The number of pyridine rings is 1. The molecule has 0 saturated carbocycles. The Morgan fingerprint density at radius 2 is 2.12 bits per heavy atom. The third-order valence-electron chi connectivity index (χ3n) is 4.38. The van der Waals surface area contributed by atoms with Crippen molar-refractivity contribution < 1.29 is 0 Å². The molecule has 0 atom stereocenters. The summed E-state index contributed by atoms with van der Waals surface area (Å²) in [4.78, 5) is 15.2. The molecule has 6 nitrogen and oxygen atoms in total. The third kappa shape index (κ3) is 3.72. The Kier molecular flexibility index (Phi) is 5.87. The molecule has 0 fully saturated rings. The van der Waals surface area contributed by atoms with Crippen molar-refractivity contribution in [2.75, 3.05) is 18.5 Å². The van der Waals surface area contributed by atoms with Crippen LogP contribution in [-0.4, -0.2) is 34.1 Å². The lowest BCUT2D eigenvalue weighted by Gasteiger charge is -2.22. The molecule has 1 aliphatic rings. The SMILES string of the molecule is CN=C(NCc1ccc(-n2ccnc2)nc1)N1CCc2ccccc21.I. The van der Waals surface area contributed by atoms with Gasteiger partial charge in [-0.15, -0.1) is 24.0 Å². The number of hydrogen-bond donors (Lipinski definition) is 1. The summed E-state index contributed by atoms with van der Waals surface area (Å²) < 4.78 is 1.89. The zero-order chi connectivity index (χ0) is 17.1. The van der Waals surface area contributed by atoms with Gasteiger partial charge in [-0.2, -0.15) is 0 Å². The number of guanidine groups is 1. The average Bonchev–Trinajstić information content (AvgIpc) is 3.33. The smallest absolute Gasteiger partial charge is 0.198 e. The standard InChI is InChI=1S/C19H20N6.HI/c1-20-19(25-10-8-16-4-2-3-5-17(16)25)23-13-15-6-7-18(22-12-15)24-11-9-21-14-24;/h2-7,9,11-12,14H,8,10,13H2,1H3,(H,20,23);1H. The lowest BCUT2D eigenvalue weighted by Crippen LogP contribution is -2.40. The first-order valence-electron chi connectivity index (χ1n) is 8.34. The molecule has 1 aromatic carbocycles. The number of imidazole rings is 1. The van der Waals surface area contributed by atoms with E-state index in [9.17, 15) is 0 Å². The molecule has 2 aromatic heterocycles. The van der Waals surface area contributed by atoms with Gasteiger partial charge in [0.15, 0.2) is 5.96 Å². The molecule has 134 valence electrons. The highest BCUT2D eigenvalue weighted by Crippen LogP contribution is 2.27. The predicted molar refractivity (Wildman–Crippen MR) is 114 cm³/mol. The first kappa shape index (κ1) is 18.4. The van der Waals surface area contributed by atoms with Crippen molar-refractivity contribution in [2.24, 2.45) is 4.99 Å². The highest BCUT2D eigenvalue weighted by molar-refractivity contribution is 14.0. The van der Waals surface area contributed by atoms with E-state index in [0.717, 1.165) is 30.3 Å². The van der Waals surface area contributed by atoms with Crippen LogP contribution in [0.5, 0.6) is 0 Å². The normalized spacial score (nSPS) is 13.3. The molecule has 4 rings (SSSR count). The second-order valence-electron chi connectivity index (χ2n) is 5.93. The number of para-hydroxylation sites is 1. The van der Waals surface area contributed by atoms with E-state index < -0.39 is 0 Å². The fourth-order valence-corrected chi connectivity index (χ4v) is 3.10. The minimum absolute atomic E-state index is 0. The van der Waals surface area contributed by atoms with Gasteiger partial charge in [-0.25, -0.2) is 9.97 Å². The Labute approximate surface area is 170 Å². The highest BCUT2D eigenvalue weighted by atomic mass is 127. The van der Waals surface area contributed by atoms with E-state index in [0.29, 0.717) is 6.54 Å². The minimum Gasteiger partial charge on any atom is -0.352 e. The second-order valence-corrected chi connectivity index (χ2v) is 5.93. The van der Waals surface area contributed by atoms with Gasteiger partial charge in [0.1, 0.15) is 12.1 Å². The molecule has 0 radical (unpaired) electrons. The fraction of sp³-hybridized carbons (Fsp3) is 0.211. The molecule has 0 amide bonds. The van der Waals surface area contributed by atoms with Crippen LogP contribution in [0.1, 0.15) is 11.1 Å². The summed E-state index contributed by atoms with van der Waals surface area (Å²) in [6, 6.07) is 12.6. The van der Waals surface area contributed by atoms with Gasteiger partial charge < -0.3 is 10.2 Å². The Balaban J connectivity index is 0.00000196. The molecular formula is C19H21IN6. The van der Waals surface area contributed by atoms with E-state index >= 15 is 0 Å². The number of nitrogens with zero attached hydrogens (tertiary/aromatic N) is 5. The Morgan fingerprint density at radius 1 is 1.23 bits per heavy atom. The molecular weight excluding hydrogens is 439 g/mol. The molecule has 0 spiro atoms. The number of hydrogen-bond acceptors (Lipinski definition) is 3. The van der Waals surface area contributed by atoms with Gasteiger partial charge in [0, 0.05) is 44.4 Å². The molecule has 0 unspecified atom stereocenters. The number of rotatable bonds is 3. The van der Waals surface area contributed by atoms with E-state index in [1.54, 1.807) is 12.5 Å². The number of aromatic nitrogens is 3. The molecule has 0 saturated heterocycles. The maximum absolute atomic E-state index is 4.49. The molecule has 1 aliphatic heterocycles. The van der Waals surface area contributed by atoms with E-state index in [1.165, 1.54) is 11.3 Å². The summed E-state index contributed by atoms with van der Waals surface area (Å²) in [5.74, 6) is 1.75. The number of benzene rings is 1. The Morgan fingerprint density at radius 3 is 2.85 bits per heavy atom. The van der Waals surface area contributed by atoms with Gasteiger partial charge in [0.2, 0.25) is 0 Å². The number of aliphatic imine (C=N–C) groups is 1. The molecule has 0 bridgehead atoms. The summed E-state index contributed by atoms with van der Waals surface area (Å²) >= 11 is 0. The third-order valence-corrected chi connectivity index (χ3v) is 4.38. The van der Waals surface area contributed by atoms with Crippen molar-refractivity contribution in [3.8, 4) is 5.82 Å². The van der Waals surface area contributed by atoms with Crippen LogP contribution in [0.4, 0.5) is 5.69 Å². The summed E-state index contributed by atoms with van der Waals surface area (Å²) in [5.41, 5.74) is 3.72. The monoisotopic (exact) mass is 460 g/mol. The average molecular weight is 460 g/mol. The van der Waals surface area contributed by atoms with E-state index in [-0.39, 0.29) is 24.0 Å². The summed E-state index contributed by atoms with van der Waals surface area (Å²) in [6.45, 7) is 1.64. The Bertz CT molecular complexity index is 873. The first-order valence-corrected chi connectivity index (χ1v) is 8.34. The van der Waals surface area contributed by atoms with Gasteiger partial charge in [-0.1, -0.05) is 24.3 Å². The van der Waals surface area contributed by atoms with Gasteiger partial charge in [0.05, 0.1) is 0 Å². The van der Waals surface area contributed by atoms with Crippen molar-refractivity contribution in [3.63, 3.8) is 0 Å². The number of anilines is 1. The summed E-state index contributed by atoms with van der Waals surface area (Å²) in [7, 11) is 1.82. The van der Waals surface area contributed by atoms with Crippen LogP contribution >= 0.6 is 24.0 Å². The van der Waals surface area contributed by atoms with Crippen molar-refractivity contribution >= 4 is 35.6 Å². The lowest BCUT2D eigenvalue weighted by atomic mass is 10.2. The van der Waals surface area contributed by atoms with Gasteiger partial charge in [-0.05, 0) is 29.7 Å². The zero-order valence-electron chi connectivity index (χ0n) is 14.5. The Hall–Kier alpha value is -2.42. The topological polar surface area (TPSA) is 58.3 Å². The lowest BCUT2D eigenvalue weighted by molar-refractivity contribution is 0.858.